The van der Waals surface area contributed by atoms with Crippen molar-refractivity contribution in [2.45, 2.75) is 31.0 Å². The van der Waals surface area contributed by atoms with Crippen molar-refractivity contribution >= 4 is 10.0 Å². The molecule has 0 heterocycles. The van der Waals surface area contributed by atoms with Gasteiger partial charge in [-0.1, -0.05) is 18.2 Å². The molecule has 23 heavy (non-hydrogen) atoms. The molecular weight excluding hydrogens is 314 g/mol. The van der Waals surface area contributed by atoms with Crippen LogP contribution in [0.25, 0.3) is 0 Å². The van der Waals surface area contributed by atoms with Crippen LogP contribution < -0.4 is 0 Å². The van der Waals surface area contributed by atoms with Crippen molar-refractivity contribution in [1.29, 1.82) is 0 Å². The number of sulfonamides is 1. The Morgan fingerprint density at radius 2 is 1.83 bits per heavy atom. The summed E-state index contributed by atoms with van der Waals surface area (Å²) in [6.07, 6.45) is 1.50. The van der Waals surface area contributed by atoms with Crippen LogP contribution in [0.3, 0.4) is 0 Å². The van der Waals surface area contributed by atoms with Gasteiger partial charge < -0.3 is 9.47 Å². The first-order valence-electron chi connectivity index (χ1n) is 7.52. The van der Waals surface area contributed by atoms with E-state index < -0.39 is 16.3 Å². The molecule has 0 atom stereocenters. The van der Waals surface area contributed by atoms with E-state index in [9.17, 15) is 8.42 Å². The zero-order valence-electron chi connectivity index (χ0n) is 13.8. The third kappa shape index (κ3) is 5.03. The smallest absolute Gasteiger partial charge is 0.243 e. The average Bonchev–Trinajstić information content (AvgIpc) is 3.36. The number of nitrogens with zero attached hydrogens (tertiary/aromatic N) is 1. The van der Waals surface area contributed by atoms with E-state index in [4.69, 9.17) is 9.47 Å². The molecule has 126 valence electrons. The maximum Gasteiger partial charge on any atom is 0.243 e. The highest BCUT2D eigenvalue weighted by Crippen LogP contribution is 2.27. The summed E-state index contributed by atoms with van der Waals surface area (Å²) in [7, 11) is -0.631. The molecule has 0 bridgehead atoms. The average molecular weight is 337 g/mol. The van der Waals surface area contributed by atoms with Gasteiger partial charge in [-0.15, -0.1) is 5.73 Å². The van der Waals surface area contributed by atoms with E-state index in [1.54, 1.807) is 30.3 Å². The first-order chi connectivity index (χ1) is 11.0. The number of methoxy groups -OCH3 is 2. The molecule has 0 N–H and O–H groups in total. The lowest BCUT2D eigenvalue weighted by molar-refractivity contribution is -0.107. The maximum absolute atomic E-state index is 12.9. The summed E-state index contributed by atoms with van der Waals surface area (Å²) in [5.41, 5.74) is 5.40. The van der Waals surface area contributed by atoms with Crippen LogP contribution >= 0.6 is 0 Å². The molecule has 0 saturated heterocycles. The predicted octanol–water partition coefficient (Wildman–Crippen LogP) is 2.56. The molecule has 6 heteroatoms. The van der Waals surface area contributed by atoms with Gasteiger partial charge in [0.15, 0.2) is 6.29 Å². The molecule has 1 aliphatic rings. The molecule has 0 unspecified atom stereocenters. The Hall–Kier alpha value is -1.43. The van der Waals surface area contributed by atoms with Crippen LogP contribution in [0.15, 0.2) is 52.1 Å². The minimum absolute atomic E-state index is 0.124. The van der Waals surface area contributed by atoms with Gasteiger partial charge in [0, 0.05) is 20.8 Å². The highest BCUT2D eigenvalue weighted by molar-refractivity contribution is 7.89. The van der Waals surface area contributed by atoms with Crippen molar-refractivity contribution in [1.82, 2.24) is 4.31 Å². The van der Waals surface area contributed by atoms with Crippen LogP contribution in [0.4, 0.5) is 0 Å². The summed E-state index contributed by atoms with van der Waals surface area (Å²) in [6, 6.07) is 8.40. The van der Waals surface area contributed by atoms with Crippen LogP contribution in [-0.4, -0.2) is 46.3 Å². The first kappa shape index (κ1) is 17.9. The SMILES string of the molecule is COC(CN(CC(C)=C=C1CC1)S(=O)(=O)c1ccccc1)OC. The third-order valence-electron chi connectivity index (χ3n) is 3.56. The summed E-state index contributed by atoms with van der Waals surface area (Å²) in [5.74, 6) is 0. The monoisotopic (exact) mass is 337 g/mol. The number of benzene rings is 1. The van der Waals surface area contributed by atoms with Crippen LogP contribution in [0.1, 0.15) is 19.8 Å². The lowest BCUT2D eigenvalue weighted by atomic mass is 10.3. The minimum Gasteiger partial charge on any atom is -0.354 e. The first-order valence-corrected chi connectivity index (χ1v) is 8.96. The molecule has 2 rings (SSSR count). The summed E-state index contributed by atoms with van der Waals surface area (Å²) in [4.78, 5) is 0.262. The molecule has 1 saturated carbocycles. The Bertz CT molecular complexity index is 681. The fourth-order valence-corrected chi connectivity index (χ4v) is 3.67. The van der Waals surface area contributed by atoms with Gasteiger partial charge in [-0.25, -0.2) is 8.42 Å². The summed E-state index contributed by atoms with van der Waals surface area (Å²) in [6.45, 7) is 2.29. The lowest BCUT2D eigenvalue weighted by Crippen LogP contribution is -2.39. The van der Waals surface area contributed by atoms with E-state index in [1.165, 1.54) is 24.1 Å². The Balaban J connectivity index is 2.30. The molecule has 5 nitrogen and oxygen atoms in total. The van der Waals surface area contributed by atoms with E-state index in [2.05, 4.69) is 5.73 Å². The molecule has 1 aliphatic carbocycles. The van der Waals surface area contributed by atoms with Gasteiger partial charge in [0.05, 0.1) is 11.4 Å². The van der Waals surface area contributed by atoms with Gasteiger partial charge in [-0.2, -0.15) is 4.31 Å². The Labute approximate surface area is 138 Å². The van der Waals surface area contributed by atoms with Gasteiger partial charge in [0.25, 0.3) is 0 Å². The molecule has 0 amide bonds. The molecule has 0 radical (unpaired) electrons. The third-order valence-corrected chi connectivity index (χ3v) is 5.39. The minimum atomic E-state index is -3.62. The van der Waals surface area contributed by atoms with Crippen molar-refractivity contribution in [3.05, 3.63) is 47.2 Å². The van der Waals surface area contributed by atoms with Gasteiger partial charge in [0.1, 0.15) is 0 Å². The second kappa shape index (κ2) is 7.90. The van der Waals surface area contributed by atoms with Crippen molar-refractivity contribution in [2.75, 3.05) is 27.3 Å². The highest BCUT2D eigenvalue weighted by atomic mass is 32.2. The maximum atomic E-state index is 12.9. The van der Waals surface area contributed by atoms with Crippen molar-refractivity contribution in [3.63, 3.8) is 0 Å². The largest absolute Gasteiger partial charge is 0.354 e. The number of hydrogen-bond acceptors (Lipinski definition) is 4. The standard InChI is InChI=1S/C17H23NO4S/c1-14(11-15-9-10-15)12-18(13-17(21-2)22-3)23(19,20)16-7-5-4-6-8-16/h4-8,17H,9-10,12-13H2,1-3H3. The number of rotatable bonds is 8. The van der Waals surface area contributed by atoms with E-state index >= 15 is 0 Å². The Morgan fingerprint density at radius 3 is 2.35 bits per heavy atom. The van der Waals surface area contributed by atoms with Crippen molar-refractivity contribution < 1.29 is 17.9 Å². The van der Waals surface area contributed by atoms with Crippen LogP contribution in [0.5, 0.6) is 0 Å². The van der Waals surface area contributed by atoms with Gasteiger partial charge in [-0.05, 0) is 43.0 Å². The summed E-state index contributed by atoms with van der Waals surface area (Å²) < 4.78 is 37.5. The zero-order chi connectivity index (χ0) is 16.9. The van der Waals surface area contributed by atoms with E-state index in [0.29, 0.717) is 0 Å². The molecule has 0 spiro atoms. The topological polar surface area (TPSA) is 55.8 Å². The van der Waals surface area contributed by atoms with Crippen molar-refractivity contribution in [3.8, 4) is 0 Å². The molecule has 1 fully saturated rings. The van der Waals surface area contributed by atoms with Crippen LogP contribution in [-0.2, 0) is 19.5 Å². The summed E-state index contributed by atoms with van der Waals surface area (Å²) in [5, 5.41) is 0. The normalized spacial score (nSPS) is 14.2. The highest BCUT2D eigenvalue weighted by Gasteiger charge is 2.27. The molecule has 0 aromatic heterocycles. The van der Waals surface area contributed by atoms with E-state index in [-0.39, 0.29) is 18.0 Å². The fraction of sp³-hybridized carbons (Fsp3) is 0.471. The number of hydrogen-bond donors (Lipinski definition) is 0. The van der Waals surface area contributed by atoms with Gasteiger partial charge >= 0.3 is 0 Å². The molecule has 1 aromatic carbocycles. The molecule has 0 aliphatic heterocycles. The van der Waals surface area contributed by atoms with Gasteiger partial charge in [0.2, 0.25) is 10.0 Å². The van der Waals surface area contributed by atoms with E-state index in [0.717, 1.165) is 18.4 Å². The number of ether oxygens (including phenoxy) is 2. The molecular formula is C17H23NO4S. The quantitative estimate of drug-likeness (QED) is 0.540. The zero-order valence-corrected chi connectivity index (χ0v) is 14.6. The molecule has 1 aromatic rings. The summed E-state index contributed by atoms with van der Waals surface area (Å²) >= 11 is 0. The van der Waals surface area contributed by atoms with Crippen LogP contribution in [0, 0.1) is 0 Å². The van der Waals surface area contributed by atoms with Crippen LogP contribution in [0.2, 0.25) is 0 Å². The second-order valence-corrected chi connectivity index (χ2v) is 7.46. The fourth-order valence-electron chi connectivity index (χ4n) is 2.19. The lowest BCUT2D eigenvalue weighted by Gasteiger charge is -2.25. The second-order valence-electron chi connectivity index (χ2n) is 5.52. The Morgan fingerprint density at radius 1 is 1.22 bits per heavy atom. The van der Waals surface area contributed by atoms with E-state index in [1.807, 2.05) is 6.92 Å². The Kier molecular flexibility index (Phi) is 6.16. The predicted molar refractivity (Wildman–Crippen MR) is 88.5 cm³/mol. The van der Waals surface area contributed by atoms with Crippen molar-refractivity contribution in [2.24, 2.45) is 0 Å². The van der Waals surface area contributed by atoms with Gasteiger partial charge in [-0.3, -0.25) is 0 Å².